The van der Waals surface area contributed by atoms with Crippen molar-refractivity contribution in [3.63, 3.8) is 0 Å². The number of hydrogen-bond acceptors (Lipinski definition) is 8. The van der Waals surface area contributed by atoms with Crippen LogP contribution in [0.15, 0.2) is 81.7 Å². The zero-order valence-electron chi connectivity index (χ0n) is 25.4. The quantitative estimate of drug-likeness (QED) is 0.180. The molecule has 0 spiro atoms. The molecule has 1 aliphatic rings. The average Bonchev–Trinajstić information content (AvgIpc) is 3.30. The first-order valence-corrected chi connectivity index (χ1v) is 15.9. The first-order valence-electron chi connectivity index (χ1n) is 14.3. The number of carbonyl (C=O) groups excluding carboxylic acids is 1. The topological polar surface area (TPSA) is 88.4 Å². The molecule has 11 heteroatoms. The first kappa shape index (κ1) is 32.3. The third-order valence-corrected chi connectivity index (χ3v) is 8.38. The zero-order chi connectivity index (χ0) is 32.2. The van der Waals surface area contributed by atoms with Gasteiger partial charge >= 0.3 is 5.97 Å². The SMILES string of the molecule is CCOC(=O)C1=C(C)N=c2s/c(=C/c3cc(Cl)ccc3OCc3cccc(Cl)c3)c(=O)n2[C@H]1c1ccc(OC(C)C)c(OC)c1. The van der Waals surface area contributed by atoms with E-state index in [1.165, 1.54) is 15.9 Å². The summed E-state index contributed by atoms with van der Waals surface area (Å²) in [4.78, 5) is 32.6. The van der Waals surface area contributed by atoms with Gasteiger partial charge < -0.3 is 18.9 Å². The van der Waals surface area contributed by atoms with Crippen molar-refractivity contribution in [3.05, 3.63) is 118 Å². The predicted octanol–water partition coefficient (Wildman–Crippen LogP) is 6.48. The summed E-state index contributed by atoms with van der Waals surface area (Å²) in [5.74, 6) is 1.01. The van der Waals surface area contributed by atoms with Gasteiger partial charge in [-0.15, -0.1) is 0 Å². The van der Waals surface area contributed by atoms with Crippen molar-refractivity contribution in [2.45, 2.75) is 46.4 Å². The molecule has 0 amide bonds. The highest BCUT2D eigenvalue weighted by atomic mass is 35.5. The average molecular weight is 668 g/mol. The number of hydrogen-bond donors (Lipinski definition) is 0. The summed E-state index contributed by atoms with van der Waals surface area (Å²) in [6, 6.07) is 17.2. The molecule has 4 aromatic rings. The first-order chi connectivity index (χ1) is 21.6. The summed E-state index contributed by atoms with van der Waals surface area (Å²) in [5.41, 5.74) is 2.54. The van der Waals surface area contributed by atoms with Crippen molar-refractivity contribution in [2.24, 2.45) is 4.99 Å². The summed E-state index contributed by atoms with van der Waals surface area (Å²) in [6.07, 6.45) is 1.65. The second-order valence-electron chi connectivity index (χ2n) is 10.5. The molecule has 3 aromatic carbocycles. The lowest BCUT2D eigenvalue weighted by atomic mass is 9.95. The Balaban J connectivity index is 1.64. The largest absolute Gasteiger partial charge is 0.493 e. The molecule has 5 rings (SSSR count). The summed E-state index contributed by atoms with van der Waals surface area (Å²) >= 11 is 13.7. The Morgan fingerprint density at radius 2 is 1.80 bits per heavy atom. The molecular weight excluding hydrogens is 635 g/mol. The Kier molecular flexibility index (Phi) is 10.0. The molecule has 1 aromatic heterocycles. The van der Waals surface area contributed by atoms with E-state index < -0.39 is 12.0 Å². The van der Waals surface area contributed by atoms with Crippen molar-refractivity contribution < 1.29 is 23.7 Å². The fourth-order valence-corrected chi connectivity index (χ4v) is 6.44. The van der Waals surface area contributed by atoms with Gasteiger partial charge in [-0.3, -0.25) is 9.36 Å². The van der Waals surface area contributed by atoms with Crippen LogP contribution in [-0.2, 0) is 16.1 Å². The third kappa shape index (κ3) is 7.11. The number of fused-ring (bicyclic) bond motifs is 1. The van der Waals surface area contributed by atoms with Gasteiger partial charge in [0.05, 0.1) is 41.7 Å². The maximum absolute atomic E-state index is 14.2. The van der Waals surface area contributed by atoms with Crippen molar-refractivity contribution in [2.75, 3.05) is 13.7 Å². The van der Waals surface area contributed by atoms with Crippen molar-refractivity contribution >= 4 is 46.6 Å². The van der Waals surface area contributed by atoms with Crippen LogP contribution in [0, 0.1) is 0 Å². The minimum Gasteiger partial charge on any atom is -0.493 e. The van der Waals surface area contributed by atoms with Gasteiger partial charge in [0.1, 0.15) is 12.4 Å². The van der Waals surface area contributed by atoms with Crippen LogP contribution in [0.5, 0.6) is 17.2 Å². The summed E-state index contributed by atoms with van der Waals surface area (Å²) in [5, 5.41) is 1.10. The molecule has 1 atom stereocenters. The van der Waals surface area contributed by atoms with Crippen LogP contribution in [0.1, 0.15) is 50.4 Å². The van der Waals surface area contributed by atoms with Crippen molar-refractivity contribution in [1.82, 2.24) is 4.57 Å². The fourth-order valence-electron chi connectivity index (χ4n) is 5.01. The molecule has 0 N–H and O–H groups in total. The minimum atomic E-state index is -0.817. The van der Waals surface area contributed by atoms with Crippen LogP contribution in [0.2, 0.25) is 10.0 Å². The molecule has 2 heterocycles. The lowest BCUT2D eigenvalue weighted by Gasteiger charge is -2.25. The number of ether oxygens (including phenoxy) is 4. The summed E-state index contributed by atoms with van der Waals surface area (Å²) < 4.78 is 25.0. The fraction of sp³-hybridized carbons (Fsp3) is 0.265. The zero-order valence-corrected chi connectivity index (χ0v) is 27.8. The van der Waals surface area contributed by atoms with Gasteiger partial charge in [0.25, 0.3) is 5.56 Å². The highest BCUT2D eigenvalue weighted by molar-refractivity contribution is 7.07. The number of nitrogens with zero attached hydrogens (tertiary/aromatic N) is 2. The van der Waals surface area contributed by atoms with Gasteiger partial charge in [-0.1, -0.05) is 52.7 Å². The van der Waals surface area contributed by atoms with E-state index in [9.17, 15) is 9.59 Å². The van der Waals surface area contributed by atoms with Crippen LogP contribution in [-0.4, -0.2) is 30.4 Å². The van der Waals surface area contributed by atoms with Crippen LogP contribution >= 0.6 is 34.5 Å². The smallest absolute Gasteiger partial charge is 0.338 e. The normalized spacial score (nSPS) is 14.7. The van der Waals surface area contributed by atoms with E-state index in [0.29, 0.717) is 53.5 Å². The molecule has 0 aliphatic carbocycles. The van der Waals surface area contributed by atoms with E-state index in [2.05, 4.69) is 4.99 Å². The van der Waals surface area contributed by atoms with Gasteiger partial charge in [0, 0.05) is 15.6 Å². The number of carbonyl (C=O) groups is 1. The number of rotatable bonds is 10. The molecule has 45 heavy (non-hydrogen) atoms. The molecule has 0 bridgehead atoms. The summed E-state index contributed by atoms with van der Waals surface area (Å²) in [7, 11) is 1.54. The van der Waals surface area contributed by atoms with E-state index in [1.54, 1.807) is 63.4 Å². The van der Waals surface area contributed by atoms with Crippen molar-refractivity contribution in [1.29, 1.82) is 0 Å². The van der Waals surface area contributed by atoms with E-state index in [4.69, 9.17) is 42.1 Å². The number of benzene rings is 3. The standard InChI is InChI=1S/C34H32Cl2N2O6S/c1-6-42-33(40)30-20(4)37-34-38(31(30)22-10-12-27(44-19(2)3)28(16-22)41-5)32(39)29(45-34)17-23-15-25(36)11-13-26(23)43-18-21-8-7-9-24(35)14-21/h7-17,19,31H,6,18H2,1-5H3/b29-17+/t31-/m0/s1. The number of allylic oxidation sites excluding steroid dienone is 1. The number of aromatic nitrogens is 1. The lowest BCUT2D eigenvalue weighted by molar-refractivity contribution is -0.139. The number of methoxy groups -OCH3 is 1. The van der Waals surface area contributed by atoms with Gasteiger partial charge in [-0.05, 0) is 87.4 Å². The van der Waals surface area contributed by atoms with Crippen LogP contribution in [0.3, 0.4) is 0 Å². The van der Waals surface area contributed by atoms with E-state index in [0.717, 1.165) is 5.56 Å². The maximum Gasteiger partial charge on any atom is 0.338 e. The second-order valence-corrected chi connectivity index (χ2v) is 12.4. The molecular formula is C34H32Cl2N2O6S. The highest BCUT2D eigenvalue weighted by Crippen LogP contribution is 2.36. The van der Waals surface area contributed by atoms with Crippen molar-refractivity contribution in [3.8, 4) is 17.2 Å². The molecule has 0 unspecified atom stereocenters. The molecule has 234 valence electrons. The number of halogens is 2. The van der Waals surface area contributed by atoms with Gasteiger partial charge in [-0.25, -0.2) is 9.79 Å². The van der Waals surface area contributed by atoms with Crippen LogP contribution < -0.4 is 29.1 Å². The Bertz CT molecular complexity index is 1960. The molecule has 0 saturated carbocycles. The molecule has 8 nitrogen and oxygen atoms in total. The Morgan fingerprint density at radius 3 is 2.51 bits per heavy atom. The highest BCUT2D eigenvalue weighted by Gasteiger charge is 2.34. The van der Waals surface area contributed by atoms with Crippen LogP contribution in [0.4, 0.5) is 0 Å². The van der Waals surface area contributed by atoms with Gasteiger partial charge in [-0.2, -0.15) is 0 Å². The van der Waals surface area contributed by atoms with E-state index in [-0.39, 0.29) is 30.5 Å². The Morgan fingerprint density at radius 1 is 1.04 bits per heavy atom. The minimum absolute atomic E-state index is 0.0782. The molecule has 0 fully saturated rings. The van der Waals surface area contributed by atoms with E-state index >= 15 is 0 Å². The number of esters is 1. The van der Waals surface area contributed by atoms with E-state index in [1.807, 2.05) is 38.1 Å². The molecule has 0 radical (unpaired) electrons. The maximum atomic E-state index is 14.2. The van der Waals surface area contributed by atoms with Gasteiger partial charge in [0.2, 0.25) is 0 Å². The predicted molar refractivity (Wildman–Crippen MR) is 176 cm³/mol. The monoisotopic (exact) mass is 666 g/mol. The third-order valence-electron chi connectivity index (χ3n) is 6.92. The Labute approximate surface area is 274 Å². The molecule has 0 saturated heterocycles. The van der Waals surface area contributed by atoms with Gasteiger partial charge in [0.15, 0.2) is 16.3 Å². The second kappa shape index (κ2) is 13.9. The van der Waals surface area contributed by atoms with Crippen LogP contribution in [0.25, 0.3) is 6.08 Å². The molecule has 1 aliphatic heterocycles. The summed E-state index contributed by atoms with van der Waals surface area (Å²) in [6.45, 7) is 7.75. The number of thiazole rings is 1. The Hall–Kier alpha value is -4.05. The lowest BCUT2D eigenvalue weighted by Crippen LogP contribution is -2.40.